The number of nitrogens with one attached hydrogen (secondary N) is 1. The summed E-state index contributed by atoms with van der Waals surface area (Å²) in [6.07, 6.45) is 1.89. The normalized spacial score (nSPS) is 11.3. The molecule has 0 spiro atoms. The van der Waals surface area contributed by atoms with Gasteiger partial charge in [-0.1, -0.05) is 83.6 Å². The molecule has 5 heteroatoms. The Kier molecular flexibility index (Phi) is 5.67. The van der Waals surface area contributed by atoms with Crippen LogP contribution < -0.4 is 5.32 Å². The van der Waals surface area contributed by atoms with E-state index in [0.717, 1.165) is 22.3 Å². The Morgan fingerprint density at radius 1 is 0.968 bits per heavy atom. The highest BCUT2D eigenvalue weighted by molar-refractivity contribution is 6.01. The van der Waals surface area contributed by atoms with Crippen molar-refractivity contribution in [2.75, 3.05) is 0 Å². The molecule has 0 aliphatic carbocycles. The van der Waals surface area contributed by atoms with E-state index < -0.39 is 5.54 Å². The second-order valence-corrected chi connectivity index (χ2v) is 8.28. The molecular formula is C26H26N4O. The molecule has 1 amide bonds. The zero-order chi connectivity index (χ0) is 21.8. The van der Waals surface area contributed by atoms with Crippen molar-refractivity contribution in [3.63, 3.8) is 0 Å². The van der Waals surface area contributed by atoms with Crippen molar-refractivity contribution in [2.24, 2.45) is 0 Å². The van der Waals surface area contributed by atoms with Gasteiger partial charge in [0.05, 0.1) is 18.3 Å². The third-order valence-electron chi connectivity index (χ3n) is 5.30. The third-order valence-corrected chi connectivity index (χ3v) is 5.30. The van der Waals surface area contributed by atoms with E-state index in [4.69, 9.17) is 0 Å². The minimum absolute atomic E-state index is 0.138. The molecule has 1 aromatic heterocycles. The number of hydrogen-bond acceptors (Lipinski definition) is 3. The maximum absolute atomic E-state index is 13.3. The molecule has 0 radical (unpaired) electrons. The molecule has 31 heavy (non-hydrogen) atoms. The summed E-state index contributed by atoms with van der Waals surface area (Å²) in [5.74, 6) is -0.138. The fourth-order valence-electron chi connectivity index (χ4n) is 3.56. The number of carbonyl (C=O) groups excluding carboxylic acids is 1. The first-order valence-electron chi connectivity index (χ1n) is 10.4. The summed E-state index contributed by atoms with van der Waals surface area (Å²) in [7, 11) is 0. The van der Waals surface area contributed by atoms with Crippen LogP contribution in [0.2, 0.25) is 0 Å². The Balaban J connectivity index is 1.56. The van der Waals surface area contributed by atoms with Crippen LogP contribution in [-0.4, -0.2) is 20.9 Å². The monoisotopic (exact) mass is 410 g/mol. The maximum atomic E-state index is 13.3. The van der Waals surface area contributed by atoms with Gasteiger partial charge in [-0.25, -0.2) is 4.68 Å². The lowest BCUT2D eigenvalue weighted by Crippen LogP contribution is -2.41. The number of aryl methyl sites for hydroxylation is 1. The standard InChI is InChI=1S/C26H26N4O/c1-19-14-15-22(23(16-19)21-12-8-5-9-13-21)25(31)27-26(2,3)24-18-30(29-28-24)17-20-10-6-4-7-11-20/h4-16,18H,17H2,1-3H3,(H,27,31). The number of carbonyl (C=O) groups is 1. The van der Waals surface area contributed by atoms with Crippen molar-refractivity contribution in [1.29, 1.82) is 0 Å². The zero-order valence-corrected chi connectivity index (χ0v) is 18.0. The number of hydrogen-bond donors (Lipinski definition) is 1. The summed E-state index contributed by atoms with van der Waals surface area (Å²) < 4.78 is 1.79. The molecule has 0 unspecified atom stereocenters. The summed E-state index contributed by atoms with van der Waals surface area (Å²) in [6.45, 7) is 6.55. The lowest BCUT2D eigenvalue weighted by molar-refractivity contribution is 0.0911. The van der Waals surface area contributed by atoms with E-state index in [2.05, 4.69) is 27.8 Å². The molecule has 0 saturated heterocycles. The highest BCUT2D eigenvalue weighted by atomic mass is 16.1. The smallest absolute Gasteiger partial charge is 0.252 e. The molecule has 4 aromatic rings. The Labute approximate surface area is 182 Å². The molecule has 4 rings (SSSR count). The first-order chi connectivity index (χ1) is 14.9. The van der Waals surface area contributed by atoms with Crippen LogP contribution in [0, 0.1) is 6.92 Å². The van der Waals surface area contributed by atoms with E-state index in [1.54, 1.807) is 4.68 Å². The molecule has 3 aromatic carbocycles. The number of rotatable bonds is 6. The van der Waals surface area contributed by atoms with Gasteiger partial charge in [-0.3, -0.25) is 4.79 Å². The molecular weight excluding hydrogens is 384 g/mol. The Hall–Kier alpha value is -3.73. The summed E-state index contributed by atoms with van der Waals surface area (Å²) >= 11 is 0. The first-order valence-corrected chi connectivity index (χ1v) is 10.4. The van der Waals surface area contributed by atoms with Gasteiger partial charge in [-0.15, -0.1) is 5.10 Å². The van der Waals surface area contributed by atoms with E-state index in [1.807, 2.05) is 93.7 Å². The number of amides is 1. The van der Waals surface area contributed by atoms with E-state index in [0.29, 0.717) is 17.8 Å². The van der Waals surface area contributed by atoms with Crippen molar-refractivity contribution < 1.29 is 4.79 Å². The molecule has 0 fully saturated rings. The fraction of sp³-hybridized carbons (Fsp3) is 0.192. The lowest BCUT2D eigenvalue weighted by Gasteiger charge is -2.24. The van der Waals surface area contributed by atoms with Gasteiger partial charge in [0.2, 0.25) is 0 Å². The van der Waals surface area contributed by atoms with E-state index >= 15 is 0 Å². The van der Waals surface area contributed by atoms with Crippen LogP contribution in [0.25, 0.3) is 11.1 Å². The van der Waals surface area contributed by atoms with E-state index in [1.165, 1.54) is 0 Å². The van der Waals surface area contributed by atoms with Crippen molar-refractivity contribution in [2.45, 2.75) is 32.9 Å². The predicted octanol–water partition coefficient (Wildman–Crippen LogP) is 4.97. The van der Waals surface area contributed by atoms with Gasteiger partial charge < -0.3 is 5.32 Å². The topological polar surface area (TPSA) is 59.8 Å². The van der Waals surface area contributed by atoms with Crippen LogP contribution in [0.5, 0.6) is 0 Å². The Morgan fingerprint density at radius 2 is 1.65 bits per heavy atom. The molecule has 0 bridgehead atoms. The van der Waals surface area contributed by atoms with Gasteiger partial charge in [0.15, 0.2) is 0 Å². The molecule has 156 valence electrons. The number of nitrogens with zero attached hydrogens (tertiary/aromatic N) is 3. The molecule has 1 heterocycles. The second-order valence-electron chi connectivity index (χ2n) is 8.28. The van der Waals surface area contributed by atoms with Crippen molar-refractivity contribution >= 4 is 5.91 Å². The largest absolute Gasteiger partial charge is 0.341 e. The van der Waals surface area contributed by atoms with Crippen LogP contribution in [0.1, 0.15) is 41.0 Å². The summed E-state index contributed by atoms with van der Waals surface area (Å²) in [5.41, 5.74) is 4.87. The Morgan fingerprint density at radius 3 is 2.35 bits per heavy atom. The molecule has 5 nitrogen and oxygen atoms in total. The van der Waals surface area contributed by atoms with Gasteiger partial charge in [-0.2, -0.15) is 0 Å². The average Bonchev–Trinajstić information content (AvgIpc) is 3.24. The van der Waals surface area contributed by atoms with Crippen LogP contribution in [0.3, 0.4) is 0 Å². The van der Waals surface area contributed by atoms with Crippen molar-refractivity contribution in [3.8, 4) is 11.1 Å². The molecule has 0 saturated carbocycles. The minimum atomic E-state index is -0.676. The van der Waals surface area contributed by atoms with E-state index in [9.17, 15) is 4.79 Å². The molecule has 1 N–H and O–H groups in total. The minimum Gasteiger partial charge on any atom is -0.341 e. The quantitative estimate of drug-likeness (QED) is 0.488. The SMILES string of the molecule is Cc1ccc(C(=O)NC(C)(C)c2cn(Cc3ccccc3)nn2)c(-c2ccccc2)c1. The lowest BCUT2D eigenvalue weighted by atomic mass is 9.95. The fourth-order valence-corrected chi connectivity index (χ4v) is 3.56. The van der Waals surface area contributed by atoms with Gasteiger partial charge in [0.25, 0.3) is 5.91 Å². The van der Waals surface area contributed by atoms with Crippen molar-refractivity contribution in [1.82, 2.24) is 20.3 Å². The van der Waals surface area contributed by atoms with Gasteiger partial charge in [0, 0.05) is 5.56 Å². The van der Waals surface area contributed by atoms with Crippen LogP contribution >= 0.6 is 0 Å². The number of aromatic nitrogens is 3. The van der Waals surface area contributed by atoms with E-state index in [-0.39, 0.29) is 5.91 Å². The number of benzene rings is 3. The molecule has 0 aliphatic rings. The zero-order valence-electron chi connectivity index (χ0n) is 18.0. The highest BCUT2D eigenvalue weighted by Crippen LogP contribution is 2.26. The summed E-state index contributed by atoms with van der Waals surface area (Å²) in [4.78, 5) is 13.3. The predicted molar refractivity (Wildman–Crippen MR) is 123 cm³/mol. The van der Waals surface area contributed by atoms with Crippen LogP contribution in [0.15, 0.2) is 85.1 Å². The van der Waals surface area contributed by atoms with Crippen molar-refractivity contribution in [3.05, 3.63) is 107 Å². The van der Waals surface area contributed by atoms with Gasteiger partial charge >= 0.3 is 0 Å². The highest BCUT2D eigenvalue weighted by Gasteiger charge is 2.28. The maximum Gasteiger partial charge on any atom is 0.252 e. The van der Waals surface area contributed by atoms with Crippen LogP contribution in [0.4, 0.5) is 0 Å². The second kappa shape index (κ2) is 8.56. The van der Waals surface area contributed by atoms with Gasteiger partial charge in [0.1, 0.15) is 5.69 Å². The third kappa shape index (κ3) is 4.72. The van der Waals surface area contributed by atoms with Gasteiger partial charge in [-0.05, 0) is 43.5 Å². The Bertz CT molecular complexity index is 1180. The summed E-state index contributed by atoms with van der Waals surface area (Å²) in [5, 5.41) is 11.7. The molecule has 0 atom stereocenters. The summed E-state index contributed by atoms with van der Waals surface area (Å²) in [6, 6.07) is 26.0. The first kappa shape index (κ1) is 20.5. The van der Waals surface area contributed by atoms with Crippen LogP contribution in [-0.2, 0) is 12.1 Å². The molecule has 0 aliphatic heterocycles. The average molecular weight is 411 g/mol.